The van der Waals surface area contributed by atoms with E-state index in [4.69, 9.17) is 4.74 Å². The van der Waals surface area contributed by atoms with Gasteiger partial charge >= 0.3 is 0 Å². The molecule has 1 saturated heterocycles. The molecule has 1 fully saturated rings. The molecule has 1 aliphatic heterocycles. The van der Waals surface area contributed by atoms with Crippen molar-refractivity contribution in [3.8, 4) is 0 Å². The smallest absolute Gasteiger partial charge is 0.253 e. The normalized spacial score (nSPS) is 21.0. The van der Waals surface area contributed by atoms with E-state index in [1.807, 2.05) is 39.8 Å². The maximum absolute atomic E-state index is 13.0. The average molecular weight is 393 g/mol. The van der Waals surface area contributed by atoms with Gasteiger partial charge in [-0.05, 0) is 38.4 Å². The van der Waals surface area contributed by atoms with Crippen LogP contribution in [0.3, 0.4) is 0 Å². The molecule has 2 unspecified atom stereocenters. The number of nitrogens with one attached hydrogen (secondary N) is 3. The molecule has 28 heavy (non-hydrogen) atoms. The number of H-pyrrole nitrogens is 1. The Morgan fingerprint density at radius 2 is 2.07 bits per heavy atom. The van der Waals surface area contributed by atoms with Gasteiger partial charge < -0.3 is 25.3 Å². The predicted octanol–water partition coefficient (Wildman–Crippen LogP) is 0.954. The first kappa shape index (κ1) is 22.1. The van der Waals surface area contributed by atoms with Crippen molar-refractivity contribution in [1.82, 2.24) is 20.5 Å². The summed E-state index contributed by atoms with van der Waals surface area (Å²) < 4.78 is 5.57. The molecule has 1 aliphatic rings. The van der Waals surface area contributed by atoms with Gasteiger partial charge in [-0.3, -0.25) is 14.4 Å². The molecule has 156 valence electrons. The number of hydrogen-bond donors (Lipinski definition) is 3. The third-order valence-electron chi connectivity index (χ3n) is 4.62. The van der Waals surface area contributed by atoms with E-state index in [1.54, 1.807) is 18.5 Å². The lowest BCUT2D eigenvalue weighted by Crippen LogP contribution is -2.54. The molecule has 1 aromatic rings. The third-order valence-corrected chi connectivity index (χ3v) is 4.62. The van der Waals surface area contributed by atoms with E-state index in [2.05, 4.69) is 15.6 Å². The molecule has 0 aliphatic carbocycles. The molecule has 2 amide bonds. The monoisotopic (exact) mass is 392 g/mol. The van der Waals surface area contributed by atoms with Gasteiger partial charge in [0.05, 0.1) is 11.7 Å². The van der Waals surface area contributed by atoms with Gasteiger partial charge in [0.25, 0.3) is 5.91 Å². The fraction of sp³-hybridized carbons (Fsp3) is 0.650. The van der Waals surface area contributed by atoms with E-state index in [-0.39, 0.29) is 35.7 Å². The van der Waals surface area contributed by atoms with E-state index in [0.29, 0.717) is 18.4 Å². The SMILES string of the molecule is CN(C)CCC1OCC(=O)C1NC(=O)[C@H](CC(C)(C)C)NC(=O)c1cc[nH]c1. The van der Waals surface area contributed by atoms with Crippen LogP contribution in [0, 0.1) is 5.41 Å². The molecule has 3 N–H and O–H groups in total. The highest BCUT2D eigenvalue weighted by Crippen LogP contribution is 2.22. The molecule has 0 radical (unpaired) electrons. The van der Waals surface area contributed by atoms with Crippen molar-refractivity contribution in [3.63, 3.8) is 0 Å². The Balaban J connectivity index is 2.07. The minimum absolute atomic E-state index is 0.00267. The van der Waals surface area contributed by atoms with E-state index >= 15 is 0 Å². The van der Waals surface area contributed by atoms with Gasteiger partial charge in [-0.2, -0.15) is 0 Å². The summed E-state index contributed by atoms with van der Waals surface area (Å²) in [5.41, 5.74) is 0.268. The summed E-state index contributed by atoms with van der Waals surface area (Å²) in [6.07, 6.45) is 3.96. The third kappa shape index (κ3) is 6.45. The molecule has 2 rings (SSSR count). The first-order valence-electron chi connectivity index (χ1n) is 9.60. The van der Waals surface area contributed by atoms with Crippen LogP contribution >= 0.6 is 0 Å². The summed E-state index contributed by atoms with van der Waals surface area (Å²) in [6.45, 7) is 6.75. The van der Waals surface area contributed by atoms with Crippen molar-refractivity contribution >= 4 is 17.6 Å². The molecule has 3 atom stereocenters. The van der Waals surface area contributed by atoms with Crippen LogP contribution in [-0.4, -0.2) is 72.9 Å². The number of hydrogen-bond acceptors (Lipinski definition) is 5. The van der Waals surface area contributed by atoms with Crippen molar-refractivity contribution in [2.24, 2.45) is 5.41 Å². The van der Waals surface area contributed by atoms with Crippen LogP contribution in [0.1, 0.15) is 44.0 Å². The van der Waals surface area contributed by atoms with Crippen molar-refractivity contribution in [1.29, 1.82) is 0 Å². The first-order chi connectivity index (χ1) is 13.1. The highest BCUT2D eigenvalue weighted by atomic mass is 16.5. The standard InChI is InChI=1S/C20H32N4O4/c1-20(2,3)10-14(22-18(26)13-6-8-21-11-13)19(27)23-17-15(25)12-28-16(17)7-9-24(4)5/h6,8,11,14,16-17,21H,7,9-10,12H2,1-5H3,(H,22,26)(H,23,27)/t14-,16?,17?/m0/s1. The lowest BCUT2D eigenvalue weighted by molar-refractivity contribution is -0.128. The van der Waals surface area contributed by atoms with Crippen LogP contribution in [0.15, 0.2) is 18.5 Å². The Kier molecular flexibility index (Phi) is 7.37. The Labute approximate surface area is 166 Å². The Morgan fingerprint density at radius 1 is 1.36 bits per heavy atom. The lowest BCUT2D eigenvalue weighted by atomic mass is 9.87. The van der Waals surface area contributed by atoms with Crippen LogP contribution < -0.4 is 10.6 Å². The van der Waals surface area contributed by atoms with Crippen LogP contribution in [0.4, 0.5) is 0 Å². The van der Waals surface area contributed by atoms with E-state index in [1.165, 1.54) is 0 Å². The predicted molar refractivity (Wildman–Crippen MR) is 106 cm³/mol. The van der Waals surface area contributed by atoms with Gasteiger partial charge in [0.1, 0.15) is 18.7 Å². The largest absolute Gasteiger partial charge is 0.368 e. The Hall–Kier alpha value is -2.19. The van der Waals surface area contributed by atoms with Crippen molar-refractivity contribution in [3.05, 3.63) is 24.0 Å². The molecule has 2 heterocycles. The number of nitrogens with zero attached hydrogens (tertiary/aromatic N) is 1. The van der Waals surface area contributed by atoms with Gasteiger partial charge in [0.2, 0.25) is 5.91 Å². The van der Waals surface area contributed by atoms with Gasteiger partial charge in [0, 0.05) is 18.9 Å². The zero-order valence-electron chi connectivity index (χ0n) is 17.4. The number of ketones is 1. The summed E-state index contributed by atoms with van der Waals surface area (Å²) in [6, 6.07) is 0.219. The molecule has 8 nitrogen and oxygen atoms in total. The molecule has 1 aromatic heterocycles. The number of aromatic nitrogens is 1. The number of rotatable bonds is 8. The Morgan fingerprint density at radius 3 is 2.64 bits per heavy atom. The number of carbonyl (C=O) groups excluding carboxylic acids is 3. The Bertz CT molecular complexity index is 679. The van der Waals surface area contributed by atoms with Crippen molar-refractivity contribution in [2.45, 2.75) is 51.8 Å². The highest BCUT2D eigenvalue weighted by molar-refractivity contribution is 5.98. The van der Waals surface area contributed by atoms with Crippen LogP contribution in [0.2, 0.25) is 0 Å². The molecule has 0 saturated carbocycles. The van der Waals surface area contributed by atoms with E-state index < -0.39 is 12.1 Å². The number of ether oxygens (including phenoxy) is 1. The van der Waals surface area contributed by atoms with Crippen LogP contribution in [0.25, 0.3) is 0 Å². The molecule has 0 spiro atoms. The quantitative estimate of drug-likeness (QED) is 0.611. The summed E-state index contributed by atoms with van der Waals surface area (Å²) in [5, 5.41) is 5.62. The first-order valence-corrected chi connectivity index (χ1v) is 9.60. The topological polar surface area (TPSA) is 104 Å². The number of Topliss-reactive ketones (excluding diaryl/α,β-unsaturated/α-hetero) is 1. The molecule has 0 bridgehead atoms. The maximum atomic E-state index is 13.0. The lowest BCUT2D eigenvalue weighted by Gasteiger charge is -2.28. The fourth-order valence-corrected chi connectivity index (χ4v) is 3.17. The molecular formula is C20H32N4O4. The second-order valence-corrected chi connectivity index (χ2v) is 8.78. The fourth-order valence-electron chi connectivity index (χ4n) is 3.17. The minimum atomic E-state index is -0.745. The summed E-state index contributed by atoms with van der Waals surface area (Å²) >= 11 is 0. The molecule has 0 aromatic carbocycles. The maximum Gasteiger partial charge on any atom is 0.253 e. The average Bonchev–Trinajstić information content (AvgIpc) is 3.22. The van der Waals surface area contributed by atoms with Gasteiger partial charge in [-0.1, -0.05) is 20.8 Å². The summed E-state index contributed by atoms with van der Waals surface area (Å²) in [5.74, 6) is -0.829. The summed E-state index contributed by atoms with van der Waals surface area (Å²) in [4.78, 5) is 42.5. The van der Waals surface area contributed by atoms with E-state index in [0.717, 1.165) is 6.54 Å². The van der Waals surface area contributed by atoms with Crippen molar-refractivity contribution in [2.75, 3.05) is 27.2 Å². The second-order valence-electron chi connectivity index (χ2n) is 8.78. The van der Waals surface area contributed by atoms with Crippen LogP contribution in [-0.2, 0) is 14.3 Å². The highest BCUT2D eigenvalue weighted by Gasteiger charge is 2.38. The number of aromatic amines is 1. The second kappa shape index (κ2) is 9.34. The zero-order valence-corrected chi connectivity index (χ0v) is 17.4. The van der Waals surface area contributed by atoms with Gasteiger partial charge in [0.15, 0.2) is 5.78 Å². The molecular weight excluding hydrogens is 360 g/mol. The van der Waals surface area contributed by atoms with Gasteiger partial charge in [-0.25, -0.2) is 0 Å². The number of amides is 2. The zero-order chi connectivity index (χ0) is 20.9. The van der Waals surface area contributed by atoms with Gasteiger partial charge in [-0.15, -0.1) is 0 Å². The minimum Gasteiger partial charge on any atom is -0.368 e. The molecule has 8 heteroatoms. The number of carbonyl (C=O) groups is 3. The summed E-state index contributed by atoms with van der Waals surface area (Å²) in [7, 11) is 3.89. The van der Waals surface area contributed by atoms with E-state index in [9.17, 15) is 14.4 Å². The van der Waals surface area contributed by atoms with Crippen LogP contribution in [0.5, 0.6) is 0 Å². The van der Waals surface area contributed by atoms with Crippen molar-refractivity contribution < 1.29 is 19.1 Å².